The van der Waals surface area contributed by atoms with E-state index in [-0.39, 0.29) is 0 Å². The third-order valence-electron chi connectivity index (χ3n) is 1.88. The van der Waals surface area contributed by atoms with Crippen LogP contribution in [-0.2, 0) is 4.79 Å². The maximum absolute atomic E-state index is 11.3. The number of aryl methyl sites for hydroxylation is 1. The number of hydrazine groups is 1. The zero-order valence-electron chi connectivity index (χ0n) is 8.02. The largest absolute Gasteiger partial charge is 0.348 e. The van der Waals surface area contributed by atoms with Crippen LogP contribution in [0.2, 0.25) is 0 Å². The molecule has 0 saturated carbocycles. The van der Waals surface area contributed by atoms with E-state index in [2.05, 4.69) is 4.98 Å². The monoisotopic (exact) mass is 196 g/mol. The van der Waals surface area contributed by atoms with Crippen LogP contribution in [0.4, 0.5) is 0 Å². The number of carbonyl (C=O) groups is 1. The van der Waals surface area contributed by atoms with Crippen molar-refractivity contribution in [3.8, 4) is 0 Å². The average Bonchev–Trinajstić information content (AvgIpc) is 2.19. The third kappa shape index (κ3) is 1.97. The van der Waals surface area contributed by atoms with Crippen molar-refractivity contribution < 1.29 is 4.79 Å². The molecule has 6 heteroatoms. The van der Waals surface area contributed by atoms with Crippen molar-refractivity contribution in [3.63, 3.8) is 0 Å². The first kappa shape index (κ1) is 10.4. The lowest BCUT2D eigenvalue weighted by atomic mass is 10.3. The van der Waals surface area contributed by atoms with Gasteiger partial charge < -0.3 is 0 Å². The molecule has 0 aliphatic heterocycles. The number of nitrogens with two attached hydrogens (primary N) is 1. The van der Waals surface area contributed by atoms with Crippen molar-refractivity contribution in [1.82, 2.24) is 15.0 Å². The molecule has 0 radical (unpaired) electrons. The molecule has 1 unspecified atom stereocenters. The number of nitrogens with zero attached hydrogens (tertiary/aromatic N) is 2. The summed E-state index contributed by atoms with van der Waals surface area (Å²) >= 11 is 0. The van der Waals surface area contributed by atoms with Gasteiger partial charge in [0, 0.05) is 12.4 Å². The number of amides is 1. The van der Waals surface area contributed by atoms with Gasteiger partial charge in [0.2, 0.25) is 0 Å². The molecular formula is C8H12N4O2. The molecule has 0 spiro atoms. The van der Waals surface area contributed by atoms with Gasteiger partial charge in [-0.2, -0.15) is 0 Å². The van der Waals surface area contributed by atoms with Gasteiger partial charge in [0.05, 0.1) is 0 Å². The van der Waals surface area contributed by atoms with E-state index in [1.807, 2.05) is 5.43 Å². The Bertz CT molecular complexity index is 399. The smallest absolute Gasteiger partial charge is 0.292 e. The molecule has 0 aliphatic rings. The van der Waals surface area contributed by atoms with Crippen LogP contribution < -0.4 is 17.0 Å². The van der Waals surface area contributed by atoms with Crippen LogP contribution in [0.1, 0.15) is 18.5 Å². The Morgan fingerprint density at radius 1 is 1.71 bits per heavy atom. The molecule has 3 N–H and O–H groups in total. The molecular weight excluding hydrogens is 184 g/mol. The summed E-state index contributed by atoms with van der Waals surface area (Å²) in [5.41, 5.74) is 2.32. The summed E-state index contributed by atoms with van der Waals surface area (Å²) in [5, 5.41) is 0. The Labute approximate surface area is 80.7 Å². The van der Waals surface area contributed by atoms with E-state index >= 15 is 0 Å². The van der Waals surface area contributed by atoms with Gasteiger partial charge in [0.15, 0.2) is 0 Å². The maximum atomic E-state index is 11.3. The number of carbonyl (C=O) groups excluding carboxylic acids is 1. The van der Waals surface area contributed by atoms with E-state index in [0.29, 0.717) is 0 Å². The van der Waals surface area contributed by atoms with Gasteiger partial charge in [-0.15, -0.1) is 0 Å². The van der Waals surface area contributed by atoms with Crippen molar-refractivity contribution in [2.75, 3.05) is 0 Å². The molecule has 0 saturated heterocycles. The summed E-state index contributed by atoms with van der Waals surface area (Å²) < 4.78 is 1.23. The van der Waals surface area contributed by atoms with E-state index < -0.39 is 17.6 Å². The first-order valence-electron chi connectivity index (χ1n) is 4.11. The van der Waals surface area contributed by atoms with Gasteiger partial charge in [-0.1, -0.05) is 0 Å². The molecule has 0 aliphatic carbocycles. The van der Waals surface area contributed by atoms with Crippen molar-refractivity contribution in [3.05, 3.63) is 28.4 Å². The van der Waals surface area contributed by atoms with Gasteiger partial charge in [-0.05, 0) is 19.4 Å². The molecule has 76 valence electrons. The fraction of sp³-hybridized carbons (Fsp3) is 0.375. The molecule has 0 fully saturated rings. The SMILES string of the molecule is Cc1cnc(=O)n(C(C)C(=O)NN)c1. The molecule has 6 nitrogen and oxygen atoms in total. The fourth-order valence-corrected chi connectivity index (χ4v) is 1.06. The number of hydrogen-bond donors (Lipinski definition) is 2. The van der Waals surface area contributed by atoms with Crippen LogP contribution in [0.3, 0.4) is 0 Å². The zero-order chi connectivity index (χ0) is 10.7. The Hall–Kier alpha value is -1.69. The molecule has 1 heterocycles. The van der Waals surface area contributed by atoms with E-state index in [9.17, 15) is 9.59 Å². The van der Waals surface area contributed by atoms with Crippen LogP contribution >= 0.6 is 0 Å². The number of hydrogen-bond acceptors (Lipinski definition) is 4. The van der Waals surface area contributed by atoms with Crippen LogP contribution in [0.15, 0.2) is 17.2 Å². The molecule has 14 heavy (non-hydrogen) atoms. The Balaban J connectivity index is 3.12. The fourth-order valence-electron chi connectivity index (χ4n) is 1.06. The molecule has 0 bridgehead atoms. The van der Waals surface area contributed by atoms with Gasteiger partial charge in [-0.25, -0.2) is 15.6 Å². The van der Waals surface area contributed by atoms with Crippen molar-refractivity contribution >= 4 is 5.91 Å². The standard InChI is InChI=1S/C8H12N4O2/c1-5-3-10-8(14)12(4-5)6(2)7(13)11-9/h3-4,6H,9H2,1-2H3,(H,11,13). The van der Waals surface area contributed by atoms with E-state index in [4.69, 9.17) is 5.84 Å². The predicted octanol–water partition coefficient (Wildman–Crippen LogP) is -0.897. The number of aromatic nitrogens is 2. The summed E-state index contributed by atoms with van der Waals surface area (Å²) in [4.78, 5) is 26.0. The topological polar surface area (TPSA) is 90.0 Å². The summed E-state index contributed by atoms with van der Waals surface area (Å²) in [7, 11) is 0. The first-order valence-corrected chi connectivity index (χ1v) is 4.11. The first-order chi connectivity index (χ1) is 6.56. The summed E-state index contributed by atoms with van der Waals surface area (Å²) in [6.45, 7) is 3.36. The molecule has 1 aromatic heterocycles. The minimum Gasteiger partial charge on any atom is -0.292 e. The molecule has 0 aromatic carbocycles. The average molecular weight is 196 g/mol. The van der Waals surface area contributed by atoms with Gasteiger partial charge >= 0.3 is 5.69 Å². The minimum absolute atomic E-state index is 0.431. The second kappa shape index (κ2) is 4.01. The van der Waals surface area contributed by atoms with Crippen molar-refractivity contribution in [2.45, 2.75) is 19.9 Å². The Morgan fingerprint density at radius 3 is 2.93 bits per heavy atom. The molecule has 1 rings (SSSR count). The van der Waals surface area contributed by atoms with Gasteiger partial charge in [-0.3, -0.25) is 14.8 Å². The minimum atomic E-state index is -0.653. The van der Waals surface area contributed by atoms with E-state index in [1.165, 1.54) is 10.8 Å². The predicted molar refractivity (Wildman–Crippen MR) is 50.3 cm³/mol. The second-order valence-corrected chi connectivity index (χ2v) is 3.01. The summed E-state index contributed by atoms with van der Waals surface area (Å²) in [6.07, 6.45) is 3.02. The highest BCUT2D eigenvalue weighted by Gasteiger charge is 2.14. The second-order valence-electron chi connectivity index (χ2n) is 3.01. The van der Waals surface area contributed by atoms with Crippen LogP contribution in [0.25, 0.3) is 0 Å². The summed E-state index contributed by atoms with van der Waals surface area (Å²) in [6, 6.07) is -0.653. The lowest BCUT2D eigenvalue weighted by molar-refractivity contribution is -0.124. The molecule has 1 amide bonds. The van der Waals surface area contributed by atoms with Crippen LogP contribution in [0.5, 0.6) is 0 Å². The molecule has 1 atom stereocenters. The number of rotatable bonds is 2. The van der Waals surface area contributed by atoms with Crippen molar-refractivity contribution in [1.29, 1.82) is 0 Å². The number of nitrogens with one attached hydrogen (secondary N) is 1. The van der Waals surface area contributed by atoms with Gasteiger partial charge in [0.1, 0.15) is 6.04 Å². The highest BCUT2D eigenvalue weighted by molar-refractivity contribution is 5.79. The third-order valence-corrected chi connectivity index (χ3v) is 1.88. The lowest BCUT2D eigenvalue weighted by Crippen LogP contribution is -2.39. The Morgan fingerprint density at radius 2 is 2.36 bits per heavy atom. The highest BCUT2D eigenvalue weighted by Crippen LogP contribution is 2.01. The summed E-state index contributed by atoms with van der Waals surface area (Å²) in [5.74, 6) is 4.53. The van der Waals surface area contributed by atoms with Crippen molar-refractivity contribution in [2.24, 2.45) is 5.84 Å². The van der Waals surface area contributed by atoms with Crippen LogP contribution in [-0.4, -0.2) is 15.5 Å². The normalized spacial score (nSPS) is 12.2. The van der Waals surface area contributed by atoms with Crippen LogP contribution in [0, 0.1) is 6.92 Å². The van der Waals surface area contributed by atoms with E-state index in [0.717, 1.165) is 5.56 Å². The van der Waals surface area contributed by atoms with E-state index in [1.54, 1.807) is 20.0 Å². The zero-order valence-corrected chi connectivity index (χ0v) is 8.02. The quantitative estimate of drug-likeness (QED) is 0.364. The maximum Gasteiger partial charge on any atom is 0.348 e. The highest BCUT2D eigenvalue weighted by atomic mass is 16.2. The van der Waals surface area contributed by atoms with Gasteiger partial charge in [0.25, 0.3) is 5.91 Å². The Kier molecular flexibility index (Phi) is 2.98. The lowest BCUT2D eigenvalue weighted by Gasteiger charge is -2.12. The molecule has 1 aromatic rings.